The van der Waals surface area contributed by atoms with Crippen LogP contribution in [0, 0.1) is 0 Å². The van der Waals surface area contributed by atoms with Crippen LogP contribution in [0.1, 0.15) is 6.92 Å². The standard InChI is InChI=1S/C15H16N2O2/c1-11(18)16-12-6-5-7-13(10-12)17-14-8-3-4-9-15(14)19-2/h3-10,17H,1-2H3,(H,16,18). The number of carbonyl (C=O) groups is 1. The third-order valence-corrected chi connectivity index (χ3v) is 2.57. The summed E-state index contributed by atoms with van der Waals surface area (Å²) in [5.41, 5.74) is 2.52. The summed E-state index contributed by atoms with van der Waals surface area (Å²) in [6.07, 6.45) is 0. The van der Waals surface area contributed by atoms with Gasteiger partial charge in [0.15, 0.2) is 0 Å². The van der Waals surface area contributed by atoms with Crippen molar-refractivity contribution >= 4 is 23.0 Å². The van der Waals surface area contributed by atoms with E-state index in [1.54, 1.807) is 7.11 Å². The van der Waals surface area contributed by atoms with Crippen LogP contribution in [-0.4, -0.2) is 13.0 Å². The fraction of sp³-hybridized carbons (Fsp3) is 0.133. The lowest BCUT2D eigenvalue weighted by Gasteiger charge is -2.12. The number of amides is 1. The molecule has 0 aliphatic carbocycles. The summed E-state index contributed by atoms with van der Waals surface area (Å²) < 4.78 is 5.28. The maximum Gasteiger partial charge on any atom is 0.221 e. The van der Waals surface area contributed by atoms with Crippen LogP contribution in [0.2, 0.25) is 0 Å². The quantitative estimate of drug-likeness (QED) is 0.881. The normalized spacial score (nSPS) is 9.79. The molecule has 2 rings (SSSR count). The van der Waals surface area contributed by atoms with Crippen molar-refractivity contribution in [1.82, 2.24) is 0 Å². The number of anilines is 3. The van der Waals surface area contributed by atoms with Crippen molar-refractivity contribution < 1.29 is 9.53 Å². The van der Waals surface area contributed by atoms with Gasteiger partial charge in [0, 0.05) is 18.3 Å². The molecule has 0 saturated carbocycles. The van der Waals surface area contributed by atoms with Crippen LogP contribution in [0.15, 0.2) is 48.5 Å². The Labute approximate surface area is 112 Å². The lowest BCUT2D eigenvalue weighted by molar-refractivity contribution is -0.114. The molecule has 0 saturated heterocycles. The van der Waals surface area contributed by atoms with Gasteiger partial charge in [0.1, 0.15) is 5.75 Å². The zero-order chi connectivity index (χ0) is 13.7. The Morgan fingerprint density at radius 3 is 2.53 bits per heavy atom. The number of nitrogens with one attached hydrogen (secondary N) is 2. The van der Waals surface area contributed by atoms with Gasteiger partial charge in [-0.2, -0.15) is 0 Å². The number of rotatable bonds is 4. The van der Waals surface area contributed by atoms with E-state index in [1.165, 1.54) is 6.92 Å². The van der Waals surface area contributed by atoms with Crippen molar-refractivity contribution in [2.24, 2.45) is 0 Å². The molecule has 4 nitrogen and oxygen atoms in total. The maximum absolute atomic E-state index is 11.0. The van der Waals surface area contributed by atoms with Gasteiger partial charge in [-0.1, -0.05) is 18.2 Å². The summed E-state index contributed by atoms with van der Waals surface area (Å²) in [7, 11) is 1.63. The van der Waals surface area contributed by atoms with E-state index in [0.717, 1.165) is 22.8 Å². The highest BCUT2D eigenvalue weighted by Crippen LogP contribution is 2.27. The van der Waals surface area contributed by atoms with E-state index in [0.29, 0.717) is 0 Å². The predicted octanol–water partition coefficient (Wildman–Crippen LogP) is 3.40. The fourth-order valence-corrected chi connectivity index (χ4v) is 1.78. The van der Waals surface area contributed by atoms with Crippen molar-refractivity contribution in [2.75, 3.05) is 17.7 Å². The highest BCUT2D eigenvalue weighted by molar-refractivity contribution is 5.89. The van der Waals surface area contributed by atoms with E-state index in [-0.39, 0.29) is 5.91 Å². The van der Waals surface area contributed by atoms with E-state index < -0.39 is 0 Å². The number of ether oxygens (including phenoxy) is 1. The van der Waals surface area contributed by atoms with Gasteiger partial charge in [0.05, 0.1) is 12.8 Å². The second kappa shape index (κ2) is 5.91. The second-order valence-corrected chi connectivity index (χ2v) is 4.09. The van der Waals surface area contributed by atoms with Crippen molar-refractivity contribution in [2.45, 2.75) is 6.92 Å². The lowest BCUT2D eigenvalue weighted by Crippen LogP contribution is -2.05. The smallest absolute Gasteiger partial charge is 0.221 e. The third-order valence-electron chi connectivity index (χ3n) is 2.57. The monoisotopic (exact) mass is 256 g/mol. The largest absolute Gasteiger partial charge is 0.495 e. The number of hydrogen-bond donors (Lipinski definition) is 2. The van der Waals surface area contributed by atoms with Gasteiger partial charge < -0.3 is 15.4 Å². The summed E-state index contributed by atoms with van der Waals surface area (Å²) in [5.74, 6) is 0.682. The molecule has 0 aliphatic rings. The summed E-state index contributed by atoms with van der Waals surface area (Å²) >= 11 is 0. The van der Waals surface area contributed by atoms with Gasteiger partial charge in [-0.25, -0.2) is 0 Å². The summed E-state index contributed by atoms with van der Waals surface area (Å²) in [6, 6.07) is 15.2. The second-order valence-electron chi connectivity index (χ2n) is 4.09. The first-order valence-corrected chi connectivity index (χ1v) is 5.97. The van der Waals surface area contributed by atoms with Crippen molar-refractivity contribution in [3.05, 3.63) is 48.5 Å². The lowest BCUT2D eigenvalue weighted by atomic mass is 10.2. The van der Waals surface area contributed by atoms with Crippen molar-refractivity contribution in [3.63, 3.8) is 0 Å². The molecule has 1 amide bonds. The van der Waals surface area contributed by atoms with Crippen LogP contribution in [0.5, 0.6) is 5.75 Å². The van der Waals surface area contributed by atoms with Gasteiger partial charge in [-0.3, -0.25) is 4.79 Å². The van der Waals surface area contributed by atoms with E-state index in [1.807, 2.05) is 48.5 Å². The molecule has 0 heterocycles. The molecule has 0 aromatic heterocycles. The van der Waals surface area contributed by atoms with E-state index in [4.69, 9.17) is 4.74 Å². The van der Waals surface area contributed by atoms with Crippen LogP contribution in [0.25, 0.3) is 0 Å². The van der Waals surface area contributed by atoms with Crippen LogP contribution < -0.4 is 15.4 Å². The van der Waals surface area contributed by atoms with Gasteiger partial charge >= 0.3 is 0 Å². The van der Waals surface area contributed by atoms with E-state index in [9.17, 15) is 4.79 Å². The number of benzene rings is 2. The third kappa shape index (κ3) is 3.48. The zero-order valence-corrected chi connectivity index (χ0v) is 10.9. The fourth-order valence-electron chi connectivity index (χ4n) is 1.78. The summed E-state index contributed by atoms with van der Waals surface area (Å²) in [6.45, 7) is 1.49. The average molecular weight is 256 g/mol. The van der Waals surface area contributed by atoms with Crippen LogP contribution in [-0.2, 0) is 4.79 Å². The van der Waals surface area contributed by atoms with E-state index >= 15 is 0 Å². The van der Waals surface area contributed by atoms with E-state index in [2.05, 4.69) is 10.6 Å². The van der Waals surface area contributed by atoms with Gasteiger partial charge in [0.25, 0.3) is 0 Å². The molecular formula is C15H16N2O2. The summed E-state index contributed by atoms with van der Waals surface area (Å²) in [4.78, 5) is 11.0. The highest BCUT2D eigenvalue weighted by Gasteiger charge is 2.02. The molecule has 2 N–H and O–H groups in total. The minimum absolute atomic E-state index is 0.0885. The first-order chi connectivity index (χ1) is 9.19. The van der Waals surface area contributed by atoms with Gasteiger partial charge in [-0.05, 0) is 30.3 Å². The maximum atomic E-state index is 11.0. The molecule has 0 spiro atoms. The Kier molecular flexibility index (Phi) is 4.03. The topological polar surface area (TPSA) is 50.4 Å². The minimum atomic E-state index is -0.0885. The van der Waals surface area contributed by atoms with Crippen LogP contribution >= 0.6 is 0 Å². The SMILES string of the molecule is COc1ccccc1Nc1cccc(NC(C)=O)c1. The first kappa shape index (κ1) is 13.0. The van der Waals surface area contributed by atoms with Gasteiger partial charge in [-0.15, -0.1) is 0 Å². The Bertz CT molecular complexity index is 582. The number of carbonyl (C=O) groups excluding carboxylic acids is 1. The Morgan fingerprint density at radius 1 is 1.05 bits per heavy atom. The first-order valence-electron chi connectivity index (χ1n) is 5.97. The molecule has 0 radical (unpaired) electrons. The van der Waals surface area contributed by atoms with Crippen molar-refractivity contribution in [3.8, 4) is 5.75 Å². The highest BCUT2D eigenvalue weighted by atomic mass is 16.5. The Balaban J connectivity index is 2.21. The molecule has 2 aromatic carbocycles. The van der Waals surface area contributed by atoms with Gasteiger partial charge in [0.2, 0.25) is 5.91 Å². The molecule has 19 heavy (non-hydrogen) atoms. The molecule has 0 atom stereocenters. The van der Waals surface area contributed by atoms with Crippen LogP contribution in [0.4, 0.5) is 17.1 Å². The summed E-state index contributed by atoms with van der Waals surface area (Å²) in [5, 5.41) is 6.01. The molecule has 0 fully saturated rings. The number of hydrogen-bond acceptors (Lipinski definition) is 3. The zero-order valence-electron chi connectivity index (χ0n) is 10.9. The molecule has 2 aromatic rings. The molecular weight excluding hydrogens is 240 g/mol. The molecule has 4 heteroatoms. The Morgan fingerprint density at radius 2 is 1.79 bits per heavy atom. The predicted molar refractivity (Wildman–Crippen MR) is 77.0 cm³/mol. The number of para-hydroxylation sites is 2. The molecule has 98 valence electrons. The average Bonchev–Trinajstić information content (AvgIpc) is 2.39. The number of methoxy groups -OCH3 is 1. The van der Waals surface area contributed by atoms with Crippen LogP contribution in [0.3, 0.4) is 0 Å². The molecule has 0 aliphatic heterocycles. The minimum Gasteiger partial charge on any atom is -0.495 e. The molecule has 0 unspecified atom stereocenters. The molecule has 0 bridgehead atoms. The van der Waals surface area contributed by atoms with Crippen molar-refractivity contribution in [1.29, 1.82) is 0 Å². The Hall–Kier alpha value is -2.49.